The van der Waals surface area contributed by atoms with Crippen LogP contribution in [0.1, 0.15) is 88.6 Å². The van der Waals surface area contributed by atoms with Crippen molar-refractivity contribution in [2.75, 3.05) is 0 Å². The first-order valence-corrected chi connectivity index (χ1v) is 19.6. The quantitative estimate of drug-likeness (QED) is 0.136. The Morgan fingerprint density at radius 1 is 0.600 bits per heavy atom. The van der Waals surface area contributed by atoms with Gasteiger partial charge in [0.05, 0.1) is 0 Å². The molecule has 0 amide bonds. The first kappa shape index (κ1) is 38.7. The smallest absolute Gasteiger partial charge is 0.00697 e. The van der Waals surface area contributed by atoms with Crippen molar-refractivity contribution in [3.8, 4) is 0 Å². The van der Waals surface area contributed by atoms with Crippen LogP contribution in [-0.4, -0.2) is 0 Å². The first-order chi connectivity index (χ1) is 26.7. The highest BCUT2D eigenvalue weighted by Gasteiger charge is 2.21. The molecule has 2 aliphatic carbocycles. The Hall–Kier alpha value is -5.98. The largest absolute Gasteiger partial charge is 0.0961 e. The van der Waals surface area contributed by atoms with Crippen molar-refractivity contribution in [2.45, 2.75) is 60.8 Å². The number of allylic oxidation sites excluding steroid dienone is 18. The molecule has 0 unspecified atom stereocenters. The zero-order valence-electron chi connectivity index (χ0n) is 33.5. The molecule has 0 bridgehead atoms. The van der Waals surface area contributed by atoms with Crippen LogP contribution < -0.4 is 0 Å². The normalized spacial score (nSPS) is 16.4. The summed E-state index contributed by atoms with van der Waals surface area (Å²) in [4.78, 5) is 0. The lowest BCUT2D eigenvalue weighted by Gasteiger charge is -2.22. The van der Waals surface area contributed by atoms with Gasteiger partial charge in [-0.2, -0.15) is 0 Å². The Kier molecular flexibility index (Phi) is 12.6. The van der Waals surface area contributed by atoms with E-state index in [9.17, 15) is 0 Å². The lowest BCUT2D eigenvalue weighted by atomic mass is 9.82. The third-order valence-electron chi connectivity index (χ3n) is 10.8. The van der Waals surface area contributed by atoms with E-state index in [0.717, 1.165) is 41.5 Å². The van der Waals surface area contributed by atoms with Crippen LogP contribution in [0.3, 0.4) is 0 Å². The summed E-state index contributed by atoms with van der Waals surface area (Å²) in [5.41, 5.74) is 22.1. The van der Waals surface area contributed by atoms with Crippen molar-refractivity contribution in [3.63, 3.8) is 0 Å². The molecule has 0 heterocycles. The Bertz CT molecular complexity index is 2370. The molecule has 0 heteroatoms. The fourth-order valence-electron chi connectivity index (χ4n) is 7.62. The maximum Gasteiger partial charge on any atom is -0.00697 e. The highest BCUT2D eigenvalue weighted by atomic mass is 14.3. The van der Waals surface area contributed by atoms with Crippen molar-refractivity contribution >= 4 is 16.7 Å². The molecule has 0 saturated carbocycles. The third kappa shape index (κ3) is 9.05. The van der Waals surface area contributed by atoms with Gasteiger partial charge in [0.2, 0.25) is 0 Å². The molecule has 0 aliphatic heterocycles. The van der Waals surface area contributed by atoms with E-state index in [1.165, 1.54) is 78.0 Å². The van der Waals surface area contributed by atoms with E-state index in [2.05, 4.69) is 212 Å². The summed E-state index contributed by atoms with van der Waals surface area (Å²) >= 11 is 0. The van der Waals surface area contributed by atoms with Gasteiger partial charge in [-0.3, -0.25) is 0 Å². The van der Waals surface area contributed by atoms with Crippen molar-refractivity contribution in [3.05, 3.63) is 254 Å². The van der Waals surface area contributed by atoms with Gasteiger partial charge in [-0.05, 0) is 126 Å². The molecule has 0 spiro atoms. The van der Waals surface area contributed by atoms with Crippen molar-refractivity contribution in [1.82, 2.24) is 0 Å². The van der Waals surface area contributed by atoms with Gasteiger partial charge in [-0.1, -0.05) is 206 Å². The number of benzene rings is 4. The molecule has 0 atom stereocenters. The predicted octanol–water partition coefficient (Wildman–Crippen LogP) is 15.4. The minimum absolute atomic E-state index is 0.828. The molecule has 4 aromatic rings. The van der Waals surface area contributed by atoms with E-state index in [1.54, 1.807) is 0 Å². The van der Waals surface area contributed by atoms with Crippen molar-refractivity contribution < 1.29 is 0 Å². The molecule has 0 radical (unpaired) electrons. The van der Waals surface area contributed by atoms with Gasteiger partial charge in [0.25, 0.3) is 0 Å². The highest BCUT2D eigenvalue weighted by Crippen LogP contribution is 2.41. The monoisotopic (exact) mass is 714 g/mol. The summed E-state index contributed by atoms with van der Waals surface area (Å²) in [5.74, 6) is 0. The molecule has 55 heavy (non-hydrogen) atoms. The fraction of sp³-hybridized carbons (Fsp3) is 0.164. The lowest BCUT2D eigenvalue weighted by molar-refractivity contribution is 1.07. The van der Waals surface area contributed by atoms with Crippen LogP contribution in [-0.2, 0) is 0 Å². The second kappa shape index (κ2) is 17.9. The van der Waals surface area contributed by atoms with Crippen LogP contribution in [0, 0.1) is 0 Å². The van der Waals surface area contributed by atoms with E-state index in [1.807, 2.05) is 0 Å². The summed E-state index contributed by atoms with van der Waals surface area (Å²) in [7, 11) is 0. The Balaban J connectivity index is 1.50. The van der Waals surface area contributed by atoms with E-state index < -0.39 is 0 Å². The second-order valence-electron chi connectivity index (χ2n) is 14.9. The van der Waals surface area contributed by atoms with Gasteiger partial charge >= 0.3 is 0 Å². The van der Waals surface area contributed by atoms with Crippen LogP contribution in [0.25, 0.3) is 16.7 Å². The van der Waals surface area contributed by atoms with Crippen LogP contribution in [0.4, 0.5) is 0 Å². The Labute approximate surface area is 330 Å². The average Bonchev–Trinajstić information content (AvgIpc) is 3.36. The van der Waals surface area contributed by atoms with Crippen LogP contribution in [0.2, 0.25) is 0 Å². The molecule has 0 saturated heterocycles. The van der Waals surface area contributed by atoms with E-state index in [4.69, 9.17) is 0 Å². The maximum atomic E-state index is 4.61. The van der Waals surface area contributed by atoms with Gasteiger partial charge < -0.3 is 0 Å². The molecular weight excluding hydrogens is 661 g/mol. The standard InChI is InChI=1S/C55H54/c1-9-39(4)40(5)36-54(45-24-15-11-16-25-45)50-33-32-49(41(6)35-42(50)7)53(34-38(2)3)47-28-21-29-48(37-47)55(46-26-17-12-18-27-46)52-31-20-19-30-51(52)43(8)44-22-13-10-14-23-44/h10-28,30-34,36-37H,2,8-9,29,35H2,1,3-7H3/b40-39?,53-34-,54-36-,55-48+. The molecular formula is C55H54. The number of hydrogen-bond acceptors (Lipinski definition) is 0. The van der Waals surface area contributed by atoms with Gasteiger partial charge in [0.15, 0.2) is 0 Å². The molecule has 4 aromatic carbocycles. The zero-order chi connectivity index (χ0) is 38.9. The summed E-state index contributed by atoms with van der Waals surface area (Å²) in [5, 5.41) is 0. The molecule has 0 aromatic heterocycles. The van der Waals surface area contributed by atoms with Gasteiger partial charge in [-0.15, -0.1) is 0 Å². The first-order valence-electron chi connectivity index (χ1n) is 19.6. The molecule has 274 valence electrons. The SMILES string of the molecule is C=C(C)/C=C(C1=C/C(=C(\c2ccccc2)c2ccccc2C(=C)c2ccccc2)CC=C1)\C1=C(C)CC(C)=C(/C(=C\C(C)=C(C)CC)c2ccccc2)C=C1. The maximum absolute atomic E-state index is 4.61. The Morgan fingerprint density at radius 2 is 1.13 bits per heavy atom. The van der Waals surface area contributed by atoms with Crippen LogP contribution >= 0.6 is 0 Å². The topological polar surface area (TPSA) is 0 Å². The number of rotatable bonds is 11. The average molecular weight is 715 g/mol. The summed E-state index contributed by atoms with van der Waals surface area (Å²) < 4.78 is 0. The minimum Gasteiger partial charge on any atom is -0.0961 e. The highest BCUT2D eigenvalue weighted by molar-refractivity contribution is 5.93. The second-order valence-corrected chi connectivity index (χ2v) is 14.9. The summed E-state index contributed by atoms with van der Waals surface area (Å²) in [6.07, 6.45) is 19.1. The summed E-state index contributed by atoms with van der Waals surface area (Å²) in [6, 6.07) is 40.9. The zero-order valence-corrected chi connectivity index (χ0v) is 33.5. The molecule has 6 rings (SSSR count). The number of hydrogen-bond donors (Lipinski definition) is 0. The van der Waals surface area contributed by atoms with Crippen molar-refractivity contribution in [2.24, 2.45) is 0 Å². The van der Waals surface area contributed by atoms with Crippen molar-refractivity contribution in [1.29, 1.82) is 0 Å². The third-order valence-corrected chi connectivity index (χ3v) is 10.8. The van der Waals surface area contributed by atoms with Gasteiger partial charge in [0.1, 0.15) is 0 Å². The van der Waals surface area contributed by atoms with E-state index >= 15 is 0 Å². The van der Waals surface area contributed by atoms with Gasteiger partial charge in [0, 0.05) is 0 Å². The Morgan fingerprint density at radius 3 is 1.71 bits per heavy atom. The predicted molar refractivity (Wildman–Crippen MR) is 240 cm³/mol. The fourth-order valence-corrected chi connectivity index (χ4v) is 7.62. The van der Waals surface area contributed by atoms with E-state index in [-0.39, 0.29) is 0 Å². The van der Waals surface area contributed by atoms with E-state index in [0.29, 0.717) is 0 Å². The molecule has 0 fully saturated rings. The molecule has 0 nitrogen and oxygen atoms in total. The lowest BCUT2D eigenvalue weighted by Crippen LogP contribution is -2.03. The van der Waals surface area contributed by atoms with Crippen LogP contribution in [0.15, 0.2) is 227 Å². The molecule has 2 aliphatic rings. The van der Waals surface area contributed by atoms with Gasteiger partial charge in [-0.25, -0.2) is 0 Å². The molecule has 0 N–H and O–H groups in total. The summed E-state index contributed by atoms with van der Waals surface area (Å²) in [6.45, 7) is 22.4. The van der Waals surface area contributed by atoms with Crippen LogP contribution in [0.5, 0.6) is 0 Å². The minimum atomic E-state index is 0.828.